The highest BCUT2D eigenvalue weighted by atomic mass is 16.5. The molecule has 0 aromatic rings. The van der Waals surface area contributed by atoms with Crippen LogP contribution in [-0.2, 0) is 9.53 Å². The van der Waals surface area contributed by atoms with Crippen molar-refractivity contribution in [1.82, 2.24) is 0 Å². The fourth-order valence-electron chi connectivity index (χ4n) is 0.988. The molecule has 2 heteroatoms. The molecule has 0 aromatic carbocycles. The summed E-state index contributed by atoms with van der Waals surface area (Å²) in [4.78, 5) is 11.4. The van der Waals surface area contributed by atoms with Crippen molar-refractivity contribution in [2.45, 2.75) is 45.6 Å². The van der Waals surface area contributed by atoms with Crippen molar-refractivity contribution in [2.75, 3.05) is 7.11 Å². The Labute approximate surface area is 81.0 Å². The van der Waals surface area contributed by atoms with Gasteiger partial charge in [-0.25, -0.2) is 0 Å². The first-order valence-electron chi connectivity index (χ1n) is 4.58. The largest absolute Gasteiger partial charge is 0.378 e. The van der Waals surface area contributed by atoms with Gasteiger partial charge in [-0.1, -0.05) is 5.57 Å². The fraction of sp³-hybridized carbons (Fsp3) is 0.727. The summed E-state index contributed by atoms with van der Waals surface area (Å²) in [5.41, 5.74) is 0.732. The summed E-state index contributed by atoms with van der Waals surface area (Å²) >= 11 is 0. The molecule has 0 aliphatic rings. The molecule has 2 nitrogen and oxygen atoms in total. The van der Waals surface area contributed by atoms with Crippen LogP contribution in [0.2, 0.25) is 0 Å². The zero-order valence-corrected chi connectivity index (χ0v) is 9.14. The molecule has 0 unspecified atom stereocenters. The second-order valence-corrected chi connectivity index (χ2v) is 4.14. The lowest BCUT2D eigenvalue weighted by molar-refractivity contribution is -0.124. The molecule has 0 fully saturated rings. The first-order valence-corrected chi connectivity index (χ1v) is 4.58. The van der Waals surface area contributed by atoms with E-state index in [2.05, 4.69) is 6.58 Å². The molecule has 0 heterocycles. The number of rotatable bonds is 6. The minimum Gasteiger partial charge on any atom is -0.378 e. The van der Waals surface area contributed by atoms with Gasteiger partial charge in [0.15, 0.2) is 0 Å². The van der Waals surface area contributed by atoms with Gasteiger partial charge in [0.25, 0.3) is 0 Å². The number of carbonyl (C=O) groups excluding carboxylic acids is 1. The number of ketones is 1. The van der Waals surface area contributed by atoms with E-state index in [-0.39, 0.29) is 11.4 Å². The van der Waals surface area contributed by atoms with Gasteiger partial charge < -0.3 is 4.74 Å². The molecular weight excluding hydrogens is 164 g/mol. The Morgan fingerprint density at radius 2 is 1.92 bits per heavy atom. The van der Waals surface area contributed by atoms with Gasteiger partial charge in [0, 0.05) is 20.0 Å². The van der Waals surface area contributed by atoms with Crippen molar-refractivity contribution in [3.8, 4) is 0 Å². The minimum atomic E-state index is -0.327. The van der Waals surface area contributed by atoms with Crippen LogP contribution in [0.5, 0.6) is 0 Å². The third kappa shape index (κ3) is 6.52. The number of carbonyl (C=O) groups is 1. The Morgan fingerprint density at radius 1 is 1.38 bits per heavy atom. The number of allylic oxidation sites excluding steroid dienone is 1. The molecule has 0 saturated heterocycles. The van der Waals surface area contributed by atoms with E-state index in [1.807, 2.05) is 20.8 Å². The Balaban J connectivity index is 3.81. The fourth-order valence-corrected chi connectivity index (χ4v) is 0.988. The van der Waals surface area contributed by atoms with E-state index in [0.29, 0.717) is 12.8 Å². The van der Waals surface area contributed by atoms with E-state index in [1.165, 1.54) is 0 Å². The van der Waals surface area contributed by atoms with Gasteiger partial charge in [-0.2, -0.15) is 0 Å². The van der Waals surface area contributed by atoms with Crippen molar-refractivity contribution in [1.29, 1.82) is 0 Å². The van der Waals surface area contributed by atoms with Gasteiger partial charge in [0.2, 0.25) is 0 Å². The number of hydrogen-bond donors (Lipinski definition) is 0. The Kier molecular flexibility index (Phi) is 4.92. The molecule has 0 radical (unpaired) electrons. The quantitative estimate of drug-likeness (QED) is 0.593. The lowest BCUT2D eigenvalue weighted by atomic mass is 9.98. The molecule has 0 aliphatic carbocycles. The highest BCUT2D eigenvalue weighted by molar-refractivity contribution is 5.79. The smallest absolute Gasteiger partial charge is 0.136 e. The number of Topliss-reactive ketones (excluding diaryl/α,β-unsaturated/α-hetero) is 1. The Bertz CT molecular complexity index is 192. The van der Waals surface area contributed by atoms with Crippen LogP contribution in [0, 0.1) is 0 Å². The molecule has 0 saturated carbocycles. The van der Waals surface area contributed by atoms with E-state index in [1.54, 1.807) is 7.11 Å². The maximum absolute atomic E-state index is 11.4. The van der Waals surface area contributed by atoms with Crippen molar-refractivity contribution in [3.05, 3.63) is 12.2 Å². The van der Waals surface area contributed by atoms with Gasteiger partial charge in [-0.3, -0.25) is 4.79 Å². The number of ether oxygens (including phenoxy) is 1. The van der Waals surface area contributed by atoms with Gasteiger partial charge in [-0.05, 0) is 27.2 Å². The highest BCUT2D eigenvalue weighted by Gasteiger charge is 2.20. The predicted octanol–water partition coefficient (Wildman–Crippen LogP) is 2.73. The summed E-state index contributed by atoms with van der Waals surface area (Å²) in [7, 11) is 1.63. The van der Waals surface area contributed by atoms with E-state index in [4.69, 9.17) is 4.74 Å². The number of hydrogen-bond acceptors (Lipinski definition) is 2. The van der Waals surface area contributed by atoms with Gasteiger partial charge in [0.1, 0.15) is 5.78 Å². The van der Waals surface area contributed by atoms with Crippen LogP contribution in [0.25, 0.3) is 0 Å². The van der Waals surface area contributed by atoms with Crippen molar-refractivity contribution in [3.63, 3.8) is 0 Å². The highest BCUT2D eigenvalue weighted by Crippen LogP contribution is 2.15. The lowest BCUT2D eigenvalue weighted by Crippen LogP contribution is -2.26. The molecule has 76 valence electrons. The second kappa shape index (κ2) is 5.18. The summed E-state index contributed by atoms with van der Waals surface area (Å²) in [5, 5.41) is 0. The Morgan fingerprint density at radius 3 is 2.31 bits per heavy atom. The average Bonchev–Trinajstić information content (AvgIpc) is 2.00. The topological polar surface area (TPSA) is 26.3 Å². The third-order valence-corrected chi connectivity index (χ3v) is 2.01. The SMILES string of the molecule is C=C(C)CCC(=O)CC(C)(C)OC. The Hall–Kier alpha value is -0.630. The monoisotopic (exact) mass is 184 g/mol. The summed E-state index contributed by atoms with van der Waals surface area (Å²) in [6.07, 6.45) is 1.86. The summed E-state index contributed by atoms with van der Waals surface area (Å²) in [6.45, 7) is 9.54. The molecule has 0 amide bonds. The van der Waals surface area contributed by atoms with Crippen molar-refractivity contribution in [2.24, 2.45) is 0 Å². The van der Waals surface area contributed by atoms with Crippen molar-refractivity contribution >= 4 is 5.78 Å². The second-order valence-electron chi connectivity index (χ2n) is 4.14. The van der Waals surface area contributed by atoms with Crippen LogP contribution in [0.4, 0.5) is 0 Å². The van der Waals surface area contributed by atoms with Crippen molar-refractivity contribution < 1.29 is 9.53 Å². The standard InChI is InChI=1S/C11H20O2/c1-9(2)6-7-10(12)8-11(3,4)13-5/h1,6-8H2,2-5H3. The maximum atomic E-state index is 11.4. The maximum Gasteiger partial charge on any atom is 0.136 e. The van der Waals surface area contributed by atoms with Crippen LogP contribution < -0.4 is 0 Å². The van der Waals surface area contributed by atoms with Crippen LogP contribution in [0.3, 0.4) is 0 Å². The predicted molar refractivity (Wildman–Crippen MR) is 54.8 cm³/mol. The summed E-state index contributed by atoms with van der Waals surface area (Å²) < 4.78 is 5.17. The molecule has 0 bridgehead atoms. The molecule has 0 spiro atoms. The molecule has 0 rings (SSSR count). The molecule has 0 atom stereocenters. The summed E-state index contributed by atoms with van der Waals surface area (Å²) in [6, 6.07) is 0. The lowest BCUT2D eigenvalue weighted by Gasteiger charge is -2.21. The average molecular weight is 184 g/mol. The van der Waals surface area contributed by atoms with E-state index < -0.39 is 0 Å². The van der Waals surface area contributed by atoms with Gasteiger partial charge >= 0.3 is 0 Å². The van der Waals surface area contributed by atoms with E-state index in [0.717, 1.165) is 12.0 Å². The molecule has 0 N–H and O–H groups in total. The number of methoxy groups -OCH3 is 1. The van der Waals surface area contributed by atoms with E-state index in [9.17, 15) is 4.79 Å². The third-order valence-electron chi connectivity index (χ3n) is 2.01. The molecule has 13 heavy (non-hydrogen) atoms. The van der Waals surface area contributed by atoms with Gasteiger partial charge in [-0.15, -0.1) is 6.58 Å². The van der Waals surface area contributed by atoms with Crippen LogP contribution in [-0.4, -0.2) is 18.5 Å². The van der Waals surface area contributed by atoms with Crippen LogP contribution >= 0.6 is 0 Å². The zero-order chi connectivity index (χ0) is 10.5. The molecule has 0 aliphatic heterocycles. The first kappa shape index (κ1) is 12.4. The van der Waals surface area contributed by atoms with Crippen LogP contribution in [0.1, 0.15) is 40.0 Å². The van der Waals surface area contributed by atoms with Gasteiger partial charge in [0.05, 0.1) is 5.60 Å². The van der Waals surface area contributed by atoms with E-state index >= 15 is 0 Å². The normalized spacial score (nSPS) is 11.4. The molecule has 0 aromatic heterocycles. The van der Waals surface area contributed by atoms with Crippen LogP contribution in [0.15, 0.2) is 12.2 Å². The first-order chi connectivity index (χ1) is 5.87. The summed E-state index contributed by atoms with van der Waals surface area (Å²) in [5.74, 6) is 0.245. The minimum absolute atomic E-state index is 0.245. The zero-order valence-electron chi connectivity index (χ0n) is 9.14. The molecular formula is C11H20O2.